The molecule has 0 spiro atoms. The van der Waals surface area contributed by atoms with Crippen LogP contribution in [0.25, 0.3) is 11.0 Å². The molecule has 1 aliphatic rings. The number of anilines is 1. The lowest BCUT2D eigenvalue weighted by molar-refractivity contribution is -0.129. The number of hydrogen-bond donors (Lipinski definition) is 1. The van der Waals surface area contributed by atoms with Gasteiger partial charge >= 0.3 is 0 Å². The first-order valence-electron chi connectivity index (χ1n) is 6.04. The Kier molecular flexibility index (Phi) is 2.62. The molecule has 0 aliphatic carbocycles. The lowest BCUT2D eigenvalue weighted by Crippen LogP contribution is -2.48. The van der Waals surface area contributed by atoms with Crippen LogP contribution in [0.1, 0.15) is 6.92 Å². The molecule has 0 atom stereocenters. The number of fused-ring (bicyclic) bond motifs is 1. The predicted molar refractivity (Wildman–Crippen MR) is 68.4 cm³/mol. The molecule has 0 unspecified atom stereocenters. The maximum Gasteiger partial charge on any atom is 0.219 e. The summed E-state index contributed by atoms with van der Waals surface area (Å²) in [6, 6.07) is 1.99. The highest BCUT2D eigenvalue weighted by molar-refractivity contribution is 5.87. The molecule has 1 aliphatic heterocycles. The van der Waals surface area contributed by atoms with Gasteiger partial charge in [-0.2, -0.15) is 0 Å². The summed E-state index contributed by atoms with van der Waals surface area (Å²) in [4.78, 5) is 27.0. The van der Waals surface area contributed by atoms with E-state index in [-0.39, 0.29) is 5.91 Å². The number of piperazine rings is 1. The van der Waals surface area contributed by atoms with Crippen molar-refractivity contribution in [3.8, 4) is 0 Å². The van der Waals surface area contributed by atoms with Crippen molar-refractivity contribution >= 4 is 22.8 Å². The standard InChI is InChI=1S/C12H15N5O/c1-9(18)16-4-6-17(7-5-16)12-10-2-3-13-11(10)14-8-15-12/h2-3,8H,4-7H2,1H3,(H,13,14,15). The molecular weight excluding hydrogens is 230 g/mol. The van der Waals surface area contributed by atoms with Gasteiger partial charge in [0.2, 0.25) is 5.91 Å². The quantitative estimate of drug-likeness (QED) is 0.800. The van der Waals surface area contributed by atoms with Gasteiger partial charge in [0.1, 0.15) is 17.8 Å². The first-order chi connectivity index (χ1) is 8.75. The number of aromatic amines is 1. The van der Waals surface area contributed by atoms with Crippen molar-refractivity contribution in [3.05, 3.63) is 18.6 Å². The first-order valence-corrected chi connectivity index (χ1v) is 6.04. The van der Waals surface area contributed by atoms with E-state index < -0.39 is 0 Å². The van der Waals surface area contributed by atoms with Gasteiger partial charge < -0.3 is 14.8 Å². The minimum absolute atomic E-state index is 0.143. The van der Waals surface area contributed by atoms with Crippen LogP contribution in [0, 0.1) is 0 Å². The number of nitrogens with zero attached hydrogens (tertiary/aromatic N) is 4. The summed E-state index contributed by atoms with van der Waals surface area (Å²) in [5, 5.41) is 1.04. The first kappa shape index (κ1) is 11.0. The number of rotatable bonds is 1. The highest BCUT2D eigenvalue weighted by atomic mass is 16.2. The van der Waals surface area contributed by atoms with E-state index in [0.29, 0.717) is 0 Å². The summed E-state index contributed by atoms with van der Waals surface area (Å²) < 4.78 is 0. The number of carbonyl (C=O) groups excluding carboxylic acids is 1. The summed E-state index contributed by atoms with van der Waals surface area (Å²) in [6.45, 7) is 4.76. The van der Waals surface area contributed by atoms with Crippen LogP contribution in [0.4, 0.5) is 5.82 Å². The molecule has 94 valence electrons. The predicted octanol–water partition coefficient (Wildman–Crippen LogP) is 0.626. The van der Waals surface area contributed by atoms with E-state index in [1.54, 1.807) is 13.3 Å². The van der Waals surface area contributed by atoms with E-state index in [1.807, 2.05) is 17.2 Å². The Morgan fingerprint density at radius 2 is 2.06 bits per heavy atom. The Morgan fingerprint density at radius 3 is 2.78 bits per heavy atom. The van der Waals surface area contributed by atoms with Crippen LogP contribution in [0.2, 0.25) is 0 Å². The van der Waals surface area contributed by atoms with Gasteiger partial charge in [0.15, 0.2) is 0 Å². The Hall–Kier alpha value is -2.11. The largest absolute Gasteiger partial charge is 0.352 e. The van der Waals surface area contributed by atoms with E-state index >= 15 is 0 Å². The minimum atomic E-state index is 0.143. The van der Waals surface area contributed by atoms with Crippen LogP contribution in [0.3, 0.4) is 0 Å². The molecule has 1 fully saturated rings. The van der Waals surface area contributed by atoms with Gasteiger partial charge in [0.25, 0.3) is 0 Å². The maximum absolute atomic E-state index is 11.3. The molecule has 1 amide bonds. The van der Waals surface area contributed by atoms with Crippen LogP contribution < -0.4 is 4.90 Å². The monoisotopic (exact) mass is 245 g/mol. The number of aromatic nitrogens is 3. The fourth-order valence-electron chi connectivity index (χ4n) is 2.34. The summed E-state index contributed by atoms with van der Waals surface area (Å²) in [6.07, 6.45) is 3.44. The lowest BCUT2D eigenvalue weighted by Gasteiger charge is -2.35. The zero-order valence-electron chi connectivity index (χ0n) is 10.3. The number of carbonyl (C=O) groups is 1. The number of amides is 1. The van der Waals surface area contributed by atoms with Crippen molar-refractivity contribution in [1.29, 1.82) is 0 Å². The molecule has 6 heteroatoms. The third-order valence-corrected chi connectivity index (χ3v) is 3.36. The van der Waals surface area contributed by atoms with Crippen LogP contribution in [-0.2, 0) is 4.79 Å². The Bertz CT molecular complexity index is 571. The Morgan fingerprint density at radius 1 is 1.28 bits per heavy atom. The van der Waals surface area contributed by atoms with E-state index in [1.165, 1.54) is 0 Å². The molecule has 1 N–H and O–H groups in total. The van der Waals surface area contributed by atoms with E-state index in [9.17, 15) is 4.79 Å². The molecule has 6 nitrogen and oxygen atoms in total. The van der Waals surface area contributed by atoms with Gasteiger partial charge in [0.05, 0.1) is 5.39 Å². The fourth-order valence-corrected chi connectivity index (χ4v) is 2.34. The highest BCUT2D eigenvalue weighted by Crippen LogP contribution is 2.22. The van der Waals surface area contributed by atoms with Crippen molar-refractivity contribution in [2.75, 3.05) is 31.1 Å². The van der Waals surface area contributed by atoms with Gasteiger partial charge in [-0.15, -0.1) is 0 Å². The highest BCUT2D eigenvalue weighted by Gasteiger charge is 2.21. The second kappa shape index (κ2) is 4.29. The minimum Gasteiger partial charge on any atom is -0.352 e. The second-order valence-corrected chi connectivity index (χ2v) is 4.43. The zero-order valence-corrected chi connectivity index (χ0v) is 10.3. The van der Waals surface area contributed by atoms with E-state index in [0.717, 1.165) is 43.0 Å². The summed E-state index contributed by atoms with van der Waals surface area (Å²) in [7, 11) is 0. The van der Waals surface area contributed by atoms with Crippen molar-refractivity contribution in [1.82, 2.24) is 19.9 Å². The summed E-state index contributed by atoms with van der Waals surface area (Å²) >= 11 is 0. The molecule has 3 rings (SSSR count). The molecule has 18 heavy (non-hydrogen) atoms. The molecular formula is C12H15N5O. The van der Waals surface area contributed by atoms with Gasteiger partial charge in [-0.05, 0) is 6.07 Å². The van der Waals surface area contributed by atoms with Crippen LogP contribution in [0.5, 0.6) is 0 Å². The van der Waals surface area contributed by atoms with Crippen LogP contribution >= 0.6 is 0 Å². The van der Waals surface area contributed by atoms with Crippen molar-refractivity contribution < 1.29 is 4.79 Å². The van der Waals surface area contributed by atoms with E-state index in [4.69, 9.17) is 0 Å². The van der Waals surface area contributed by atoms with Gasteiger partial charge in [0, 0.05) is 39.3 Å². The normalized spacial score (nSPS) is 16.3. The number of nitrogens with one attached hydrogen (secondary N) is 1. The molecule has 0 saturated carbocycles. The third kappa shape index (κ3) is 1.79. The van der Waals surface area contributed by atoms with Crippen LogP contribution in [0.15, 0.2) is 18.6 Å². The maximum atomic E-state index is 11.3. The zero-order chi connectivity index (χ0) is 12.5. The van der Waals surface area contributed by atoms with Crippen molar-refractivity contribution in [3.63, 3.8) is 0 Å². The van der Waals surface area contributed by atoms with Crippen molar-refractivity contribution in [2.45, 2.75) is 6.92 Å². The summed E-state index contributed by atoms with van der Waals surface area (Å²) in [5.41, 5.74) is 0.856. The Labute approximate surface area is 105 Å². The smallest absolute Gasteiger partial charge is 0.219 e. The molecule has 2 aromatic rings. The molecule has 0 bridgehead atoms. The van der Waals surface area contributed by atoms with Gasteiger partial charge in [-0.3, -0.25) is 4.79 Å². The molecule has 2 aromatic heterocycles. The molecule has 0 radical (unpaired) electrons. The van der Waals surface area contributed by atoms with Gasteiger partial charge in [-0.1, -0.05) is 0 Å². The van der Waals surface area contributed by atoms with Crippen molar-refractivity contribution in [2.24, 2.45) is 0 Å². The molecule has 1 saturated heterocycles. The summed E-state index contributed by atoms with van der Waals surface area (Å²) in [5.74, 6) is 1.09. The van der Waals surface area contributed by atoms with Gasteiger partial charge in [-0.25, -0.2) is 9.97 Å². The number of H-pyrrole nitrogens is 1. The van der Waals surface area contributed by atoms with E-state index in [2.05, 4.69) is 19.9 Å². The number of hydrogen-bond acceptors (Lipinski definition) is 4. The fraction of sp³-hybridized carbons (Fsp3) is 0.417. The third-order valence-electron chi connectivity index (χ3n) is 3.36. The van der Waals surface area contributed by atoms with Crippen LogP contribution in [-0.4, -0.2) is 51.9 Å². The average Bonchev–Trinajstić information content (AvgIpc) is 2.87. The molecule has 0 aromatic carbocycles. The second-order valence-electron chi connectivity index (χ2n) is 4.43. The lowest BCUT2D eigenvalue weighted by atomic mass is 10.2. The SMILES string of the molecule is CC(=O)N1CCN(c2ncnc3[nH]ccc23)CC1. The Balaban J connectivity index is 1.84. The molecule has 3 heterocycles. The average molecular weight is 245 g/mol. The topological polar surface area (TPSA) is 65.1 Å².